The summed E-state index contributed by atoms with van der Waals surface area (Å²) in [5.41, 5.74) is 0. The summed E-state index contributed by atoms with van der Waals surface area (Å²) in [5.74, 6) is 0. The lowest BCUT2D eigenvalue weighted by atomic mass is 10.6. The van der Waals surface area contributed by atoms with Gasteiger partial charge in [-0.2, -0.15) is 0 Å². The van der Waals surface area contributed by atoms with Crippen LogP contribution in [0.15, 0.2) is 17.6 Å². The molecule has 0 aliphatic heterocycles. The molecule has 58 valence electrons. The molecule has 0 amide bonds. The van der Waals surface area contributed by atoms with Crippen LogP contribution >= 0.6 is 22.6 Å². The molecule has 0 radical (unpaired) electrons. The van der Waals surface area contributed by atoms with Crippen LogP contribution in [0.2, 0.25) is 0 Å². The van der Waals surface area contributed by atoms with Crippen LogP contribution in [0.1, 0.15) is 0 Å². The van der Waals surface area contributed by atoms with Crippen molar-refractivity contribution in [3.63, 3.8) is 0 Å². The minimum atomic E-state index is 0.716. The zero-order valence-corrected chi connectivity index (χ0v) is 8.08. The van der Waals surface area contributed by atoms with Crippen LogP contribution in [-0.4, -0.2) is 30.4 Å². The first kappa shape index (κ1) is 10.1. The molecule has 0 heterocycles. The summed E-state index contributed by atoms with van der Waals surface area (Å²) in [7, 11) is 0. The van der Waals surface area contributed by atoms with Gasteiger partial charge < -0.3 is 4.74 Å². The van der Waals surface area contributed by atoms with Gasteiger partial charge in [-0.1, -0.05) is 35.2 Å². The van der Waals surface area contributed by atoms with E-state index in [1.165, 1.54) is 0 Å². The smallest absolute Gasteiger partial charge is 0.0662 e. The van der Waals surface area contributed by atoms with Gasteiger partial charge in [0.15, 0.2) is 0 Å². The fourth-order valence-corrected chi connectivity index (χ4v) is 0.734. The second kappa shape index (κ2) is 9.10. The van der Waals surface area contributed by atoms with Gasteiger partial charge in [0.05, 0.1) is 19.8 Å². The highest BCUT2D eigenvalue weighted by Gasteiger charge is 1.81. The third-order valence-electron chi connectivity index (χ3n) is 0.797. The van der Waals surface area contributed by atoms with Crippen molar-refractivity contribution >= 4 is 28.8 Å². The summed E-state index contributed by atoms with van der Waals surface area (Å²) < 4.78 is 6.22. The molecule has 0 aromatic rings. The maximum atomic E-state index is 5.17. The number of ether oxygens (including phenoxy) is 1. The fourth-order valence-electron chi connectivity index (χ4n) is 0.423. The summed E-state index contributed by atoms with van der Waals surface area (Å²) >= 11 is 2.28. The average Bonchev–Trinajstić information content (AvgIpc) is 1.97. The van der Waals surface area contributed by atoms with E-state index in [9.17, 15) is 0 Å². The van der Waals surface area contributed by atoms with Crippen molar-refractivity contribution in [3.05, 3.63) is 12.7 Å². The topological polar surface area (TPSA) is 21.6 Å². The molecule has 0 fully saturated rings. The van der Waals surface area contributed by atoms with Gasteiger partial charge in [0.1, 0.15) is 0 Å². The Hall–Kier alpha value is 0.1000. The molecular formula is C7H12INO. The molecule has 0 spiro atoms. The van der Waals surface area contributed by atoms with Gasteiger partial charge in [-0.05, 0) is 0 Å². The number of aliphatic imine (C=N–C) groups is 1. The van der Waals surface area contributed by atoms with Crippen molar-refractivity contribution in [2.75, 3.05) is 24.2 Å². The highest BCUT2D eigenvalue weighted by Crippen LogP contribution is 1.82. The van der Waals surface area contributed by atoms with Gasteiger partial charge in [0, 0.05) is 10.6 Å². The maximum Gasteiger partial charge on any atom is 0.0662 e. The molecule has 0 aliphatic rings. The quantitative estimate of drug-likeness (QED) is 0.305. The molecule has 0 aromatic carbocycles. The van der Waals surface area contributed by atoms with E-state index in [1.54, 1.807) is 12.3 Å². The van der Waals surface area contributed by atoms with Gasteiger partial charge in [0.2, 0.25) is 0 Å². The number of hydrogen-bond donors (Lipinski definition) is 0. The van der Waals surface area contributed by atoms with Crippen molar-refractivity contribution in [1.29, 1.82) is 0 Å². The minimum Gasteiger partial charge on any atom is -0.379 e. The Bertz CT molecular complexity index is 104. The molecule has 0 N–H and O–H groups in total. The molecule has 10 heavy (non-hydrogen) atoms. The summed E-state index contributed by atoms with van der Waals surface area (Å²) in [6.45, 7) is 5.78. The summed E-state index contributed by atoms with van der Waals surface area (Å²) in [4.78, 5) is 3.99. The number of allylic oxidation sites excluding steroid dienone is 1. The van der Waals surface area contributed by atoms with Crippen LogP contribution in [0, 0.1) is 0 Å². The van der Waals surface area contributed by atoms with Crippen LogP contribution in [0.25, 0.3) is 0 Å². The Morgan fingerprint density at radius 2 is 2.30 bits per heavy atom. The monoisotopic (exact) mass is 253 g/mol. The number of hydrogen-bond acceptors (Lipinski definition) is 2. The van der Waals surface area contributed by atoms with E-state index in [2.05, 4.69) is 34.2 Å². The second-order valence-corrected chi connectivity index (χ2v) is 2.67. The lowest BCUT2D eigenvalue weighted by Crippen LogP contribution is -2.00. The number of alkyl halides is 1. The van der Waals surface area contributed by atoms with E-state index in [1.807, 2.05) is 0 Å². The summed E-state index contributed by atoms with van der Waals surface area (Å²) in [5, 5.41) is 0. The average molecular weight is 253 g/mol. The van der Waals surface area contributed by atoms with Crippen molar-refractivity contribution < 1.29 is 4.74 Å². The zero-order valence-electron chi connectivity index (χ0n) is 5.92. The largest absolute Gasteiger partial charge is 0.379 e. The summed E-state index contributed by atoms with van der Waals surface area (Å²) in [6, 6.07) is 0. The lowest BCUT2D eigenvalue weighted by molar-refractivity contribution is 0.160. The maximum absolute atomic E-state index is 5.17. The molecule has 0 saturated carbocycles. The third-order valence-corrected chi connectivity index (χ3v) is 1.24. The first-order valence-electron chi connectivity index (χ1n) is 3.16. The molecule has 0 rings (SSSR count). The van der Waals surface area contributed by atoms with Gasteiger partial charge >= 0.3 is 0 Å². The molecule has 0 aliphatic carbocycles. The van der Waals surface area contributed by atoms with Crippen LogP contribution in [-0.2, 0) is 4.74 Å². The molecule has 0 atom stereocenters. The molecule has 0 saturated heterocycles. The SMILES string of the molecule is C=C/C=N/CCOCCI. The van der Waals surface area contributed by atoms with Gasteiger partial charge in [-0.15, -0.1) is 0 Å². The Labute approximate surface area is 75.5 Å². The first-order valence-corrected chi connectivity index (χ1v) is 4.69. The van der Waals surface area contributed by atoms with Crippen LogP contribution < -0.4 is 0 Å². The van der Waals surface area contributed by atoms with Gasteiger partial charge in [-0.25, -0.2) is 0 Å². The van der Waals surface area contributed by atoms with E-state index in [-0.39, 0.29) is 0 Å². The van der Waals surface area contributed by atoms with Crippen molar-refractivity contribution in [2.24, 2.45) is 4.99 Å². The van der Waals surface area contributed by atoms with E-state index in [4.69, 9.17) is 4.74 Å². The van der Waals surface area contributed by atoms with Crippen molar-refractivity contribution in [2.45, 2.75) is 0 Å². The Balaban J connectivity index is 2.90. The summed E-state index contributed by atoms with van der Waals surface area (Å²) in [6.07, 6.45) is 3.35. The number of halogens is 1. The van der Waals surface area contributed by atoms with Gasteiger partial charge in [-0.3, -0.25) is 4.99 Å². The number of nitrogens with zero attached hydrogens (tertiary/aromatic N) is 1. The van der Waals surface area contributed by atoms with Crippen LogP contribution in [0.5, 0.6) is 0 Å². The van der Waals surface area contributed by atoms with Gasteiger partial charge in [0.25, 0.3) is 0 Å². The number of rotatable bonds is 6. The predicted octanol–water partition coefficient (Wildman–Crippen LogP) is 1.69. The predicted molar refractivity (Wildman–Crippen MR) is 53.3 cm³/mol. The van der Waals surface area contributed by atoms with E-state index >= 15 is 0 Å². The first-order chi connectivity index (χ1) is 4.91. The Kier molecular flexibility index (Phi) is 9.19. The van der Waals surface area contributed by atoms with E-state index in [0.29, 0.717) is 6.61 Å². The normalized spacial score (nSPS) is 10.5. The standard InChI is InChI=1S/C7H12INO/c1-2-4-9-5-7-10-6-3-8/h2,4H,1,3,5-7H2/b9-4+. The van der Waals surface area contributed by atoms with Crippen molar-refractivity contribution in [1.82, 2.24) is 0 Å². The molecule has 0 aromatic heterocycles. The van der Waals surface area contributed by atoms with E-state index < -0.39 is 0 Å². The third kappa shape index (κ3) is 8.10. The Morgan fingerprint density at radius 3 is 2.90 bits per heavy atom. The lowest BCUT2D eigenvalue weighted by Gasteiger charge is -1.95. The molecule has 0 unspecified atom stereocenters. The second-order valence-electron chi connectivity index (χ2n) is 1.59. The Morgan fingerprint density at radius 1 is 1.50 bits per heavy atom. The highest BCUT2D eigenvalue weighted by molar-refractivity contribution is 14.1. The van der Waals surface area contributed by atoms with Crippen LogP contribution in [0.4, 0.5) is 0 Å². The molecule has 2 nitrogen and oxygen atoms in total. The van der Waals surface area contributed by atoms with Crippen molar-refractivity contribution in [3.8, 4) is 0 Å². The molecule has 3 heteroatoms. The molecular weight excluding hydrogens is 241 g/mol. The van der Waals surface area contributed by atoms with Crippen LogP contribution in [0.3, 0.4) is 0 Å². The fraction of sp³-hybridized carbons (Fsp3) is 0.571. The minimum absolute atomic E-state index is 0.716. The zero-order chi connectivity index (χ0) is 7.66. The molecule has 0 bridgehead atoms. The highest BCUT2D eigenvalue weighted by atomic mass is 127. The van der Waals surface area contributed by atoms with E-state index in [0.717, 1.165) is 17.6 Å².